The molecule has 242 valence electrons. The van der Waals surface area contributed by atoms with Crippen LogP contribution in [-0.2, 0) is 20.8 Å². The van der Waals surface area contributed by atoms with Gasteiger partial charge in [-0.3, -0.25) is 0 Å². The van der Waals surface area contributed by atoms with Crippen molar-refractivity contribution in [3.63, 3.8) is 0 Å². The summed E-state index contributed by atoms with van der Waals surface area (Å²) in [4.78, 5) is 0. The van der Waals surface area contributed by atoms with Gasteiger partial charge in [0.05, 0.1) is 0 Å². The van der Waals surface area contributed by atoms with E-state index in [4.69, 9.17) is 17.0 Å². The summed E-state index contributed by atoms with van der Waals surface area (Å²) in [7, 11) is 11.0. The molecule has 0 aliphatic rings. The van der Waals surface area contributed by atoms with E-state index in [1.165, 1.54) is 109 Å². The summed E-state index contributed by atoms with van der Waals surface area (Å²) >= 11 is -0.826. The first-order valence-electron chi connectivity index (χ1n) is 16.7. The van der Waals surface area contributed by atoms with Gasteiger partial charge in [0, 0.05) is 9.52 Å². The summed E-state index contributed by atoms with van der Waals surface area (Å²) < 4.78 is 0. The quantitative estimate of drug-likeness (QED) is 0.0681. The molecule has 44 heavy (non-hydrogen) atoms. The molecular formula is C38H58Cl2P2SiZr. The monoisotopic (exact) mass is 764 g/mol. The molecule has 0 nitrogen and oxygen atoms in total. The Morgan fingerprint density at radius 1 is 0.614 bits per heavy atom. The van der Waals surface area contributed by atoms with Gasteiger partial charge in [-0.2, -0.15) is 12.1 Å². The molecule has 2 radical (unpaired) electrons. The van der Waals surface area contributed by atoms with Crippen LogP contribution in [0.15, 0.2) is 60.7 Å². The van der Waals surface area contributed by atoms with Crippen LogP contribution in [0.4, 0.5) is 0 Å². The Balaban J connectivity index is 0.000000373. The van der Waals surface area contributed by atoms with Gasteiger partial charge in [-0.25, -0.2) is 0 Å². The minimum absolute atomic E-state index is 0.0460. The Morgan fingerprint density at radius 2 is 0.909 bits per heavy atom. The summed E-state index contributed by atoms with van der Waals surface area (Å²) in [5, 5.41) is 9.24. The maximum atomic E-state index is 4.93. The molecule has 0 amide bonds. The topological polar surface area (TPSA) is 0 Å². The van der Waals surface area contributed by atoms with Crippen molar-refractivity contribution < 1.29 is 20.8 Å². The van der Waals surface area contributed by atoms with Gasteiger partial charge >= 0.3 is 37.9 Å². The van der Waals surface area contributed by atoms with E-state index in [2.05, 4.69) is 115 Å². The Hall–Kier alpha value is 0.200. The van der Waals surface area contributed by atoms with E-state index in [1.807, 2.05) is 0 Å². The summed E-state index contributed by atoms with van der Waals surface area (Å²) in [5.74, 6) is 0. The van der Waals surface area contributed by atoms with Crippen molar-refractivity contribution in [1.82, 2.24) is 0 Å². The minimum atomic E-state index is -0.826. The number of hydrogen-bond acceptors (Lipinski definition) is 0. The molecule has 4 aromatic rings. The van der Waals surface area contributed by atoms with Crippen LogP contribution in [0.5, 0.6) is 0 Å². The number of hydrogen-bond donors (Lipinski definition) is 0. The van der Waals surface area contributed by atoms with Crippen molar-refractivity contribution >= 4 is 74.5 Å². The Morgan fingerprint density at radius 3 is 1.18 bits per heavy atom. The zero-order valence-corrected chi connectivity index (χ0v) is 35.7. The molecule has 0 aliphatic heterocycles. The summed E-state index contributed by atoms with van der Waals surface area (Å²) in [6, 6.07) is 23.2. The summed E-state index contributed by atoms with van der Waals surface area (Å²) in [6.07, 6.45) is 16.5. The van der Waals surface area contributed by atoms with Crippen LogP contribution in [0.1, 0.15) is 90.2 Å². The Bertz CT molecular complexity index is 1150. The van der Waals surface area contributed by atoms with Gasteiger partial charge in [-0.05, 0) is 50.3 Å². The van der Waals surface area contributed by atoms with Gasteiger partial charge in [0.15, 0.2) is 0 Å². The van der Waals surface area contributed by atoms with Crippen molar-refractivity contribution in [1.29, 1.82) is 0 Å². The molecule has 0 saturated carbocycles. The summed E-state index contributed by atoms with van der Waals surface area (Å²) in [6.45, 7) is 18.0. The molecule has 0 heterocycles. The zero-order valence-electron chi connectivity index (χ0n) is 28.9. The maximum absolute atomic E-state index is 4.93. The van der Waals surface area contributed by atoms with Crippen LogP contribution in [0.3, 0.4) is 0 Å². The first-order chi connectivity index (χ1) is 21.3. The predicted octanol–water partition coefficient (Wildman–Crippen LogP) is 13.3. The standard InChI is InChI=1S/2C18H26P.C2H6Si.2ClH.Zr/c2*1-4-6-11-19(12-7-5-2)18-10-8-9-16-13-15(3)14-17(16)18;1-3-2;;;/h2*8-10,13-14H,4-7,11-12H2,1-3H3;1-2H3;2*1H;/q2*-1;;;;+4/p-2. The van der Waals surface area contributed by atoms with E-state index in [0.717, 1.165) is 9.52 Å². The third-order valence-corrected chi connectivity index (χ3v) is 13.1. The number of halogens is 2. The van der Waals surface area contributed by atoms with E-state index in [9.17, 15) is 0 Å². The van der Waals surface area contributed by atoms with Gasteiger partial charge in [-0.15, -0.1) is 69.1 Å². The molecule has 0 unspecified atom stereocenters. The van der Waals surface area contributed by atoms with Crippen LogP contribution in [-0.4, -0.2) is 34.2 Å². The second-order valence-electron chi connectivity index (χ2n) is 11.6. The third kappa shape index (κ3) is 15.4. The number of benzene rings is 2. The fraction of sp³-hybridized carbons (Fsp3) is 0.526. The van der Waals surface area contributed by atoms with Crippen molar-refractivity contribution in [2.45, 2.75) is 106 Å². The second kappa shape index (κ2) is 26.2. The molecule has 0 aromatic heterocycles. The molecule has 0 spiro atoms. The fourth-order valence-electron chi connectivity index (χ4n) is 5.39. The second-order valence-corrected chi connectivity index (χ2v) is 21.2. The van der Waals surface area contributed by atoms with E-state index < -0.39 is 20.8 Å². The molecule has 6 heteroatoms. The SMILES string of the molecule is CCCCP(CCCC)c1cccc2[cH-]c(C)cc12.CCCCP(CCCC)c1cccc2[cH-]c(C)cc12.C[Si]C.[Cl][Zr+2][Cl]. The van der Waals surface area contributed by atoms with Gasteiger partial charge < -0.3 is 0 Å². The molecule has 4 rings (SSSR count). The molecule has 0 saturated heterocycles. The van der Waals surface area contributed by atoms with E-state index in [0.29, 0.717) is 0 Å². The number of aryl methyl sites for hydroxylation is 2. The number of rotatable bonds is 14. The molecular weight excluding hydrogens is 709 g/mol. The Kier molecular flexibility index (Phi) is 25.1. The van der Waals surface area contributed by atoms with Crippen LogP contribution >= 0.6 is 32.9 Å². The van der Waals surface area contributed by atoms with Gasteiger partial charge in [0.1, 0.15) is 0 Å². The fourth-order valence-corrected chi connectivity index (χ4v) is 11.3. The van der Waals surface area contributed by atoms with Crippen LogP contribution < -0.4 is 10.6 Å². The van der Waals surface area contributed by atoms with Gasteiger partial charge in [0.25, 0.3) is 0 Å². The van der Waals surface area contributed by atoms with Crippen LogP contribution in [0.25, 0.3) is 21.5 Å². The zero-order chi connectivity index (χ0) is 32.7. The van der Waals surface area contributed by atoms with E-state index in [-0.39, 0.29) is 15.8 Å². The molecule has 0 atom stereocenters. The number of fused-ring (bicyclic) bond motifs is 2. The van der Waals surface area contributed by atoms with Crippen molar-refractivity contribution in [2.24, 2.45) is 0 Å². The summed E-state index contributed by atoms with van der Waals surface area (Å²) in [5.41, 5.74) is 2.81. The van der Waals surface area contributed by atoms with Crippen molar-refractivity contribution in [3.05, 3.63) is 71.8 Å². The van der Waals surface area contributed by atoms with Crippen LogP contribution in [0.2, 0.25) is 13.1 Å². The first kappa shape index (κ1) is 42.2. The number of unbranched alkanes of at least 4 members (excludes halogenated alkanes) is 4. The average molecular weight is 767 g/mol. The molecule has 0 N–H and O–H groups in total. The molecule has 0 aliphatic carbocycles. The molecule has 0 bridgehead atoms. The van der Waals surface area contributed by atoms with Gasteiger partial charge in [0.2, 0.25) is 0 Å². The predicted molar refractivity (Wildman–Crippen MR) is 210 cm³/mol. The normalized spacial score (nSPS) is 10.6. The molecule has 4 aromatic carbocycles. The first-order valence-corrected chi connectivity index (χ1v) is 28.5. The molecule has 0 fully saturated rings. The Labute approximate surface area is 295 Å². The van der Waals surface area contributed by atoms with Gasteiger partial charge in [-0.1, -0.05) is 119 Å². The van der Waals surface area contributed by atoms with Crippen LogP contribution in [0, 0.1) is 13.8 Å². The van der Waals surface area contributed by atoms with E-state index >= 15 is 0 Å². The third-order valence-electron chi connectivity index (χ3n) is 7.55. The average Bonchev–Trinajstić information content (AvgIpc) is 3.59. The van der Waals surface area contributed by atoms with E-state index in [1.54, 1.807) is 10.6 Å². The van der Waals surface area contributed by atoms with Crippen molar-refractivity contribution in [3.8, 4) is 0 Å². The van der Waals surface area contributed by atoms with Crippen molar-refractivity contribution in [2.75, 3.05) is 24.6 Å².